The molecular weight excluding hydrogens is 606 g/mol. The van der Waals surface area contributed by atoms with Gasteiger partial charge in [-0.2, -0.15) is 17.6 Å². The van der Waals surface area contributed by atoms with E-state index >= 15 is 0 Å². The number of rotatable bonds is 12. The van der Waals surface area contributed by atoms with Gasteiger partial charge in [-0.15, -0.1) is 0 Å². The second-order valence-electron chi connectivity index (χ2n) is 9.85. The molecule has 0 saturated heterocycles. The number of benzene rings is 4. The van der Waals surface area contributed by atoms with Gasteiger partial charge in [0.2, 0.25) is 0 Å². The molecule has 0 radical (unpaired) electrons. The van der Waals surface area contributed by atoms with E-state index in [0.717, 1.165) is 43.0 Å². The lowest BCUT2D eigenvalue weighted by atomic mass is 9.99. The van der Waals surface area contributed by atoms with E-state index in [4.69, 9.17) is 4.74 Å². The minimum Gasteiger partial charge on any atom is -0.480 e. The first kappa shape index (κ1) is 32.7. The number of ether oxygens (including phenoxy) is 2. The van der Waals surface area contributed by atoms with Crippen LogP contribution in [0, 0.1) is 23.3 Å². The van der Waals surface area contributed by atoms with E-state index in [-0.39, 0.29) is 12.1 Å². The quantitative estimate of drug-likeness (QED) is 0.145. The molecular formula is C32H24F10O2. The molecule has 0 heterocycles. The summed E-state index contributed by atoms with van der Waals surface area (Å²) in [6.45, 7) is 0.603. The molecule has 0 aromatic heterocycles. The standard InChI is InChI=1S/C32H24F10O2/c1-2-3-4-18-5-7-19(8-6-18)20-9-12-28(25(34)13-20)43-17-31(39,40)44-22-10-11-23(24(33)16-22)21-14-26(35)29(27(36)15-21)32(41,42)30(37)38/h5-16,30H,2-4,17H2,1H3. The third kappa shape index (κ3) is 7.46. The van der Waals surface area contributed by atoms with Crippen molar-refractivity contribution in [3.63, 3.8) is 0 Å². The van der Waals surface area contributed by atoms with Crippen LogP contribution in [0.5, 0.6) is 11.5 Å². The summed E-state index contributed by atoms with van der Waals surface area (Å²) >= 11 is 0. The van der Waals surface area contributed by atoms with Crippen LogP contribution in [0.4, 0.5) is 43.9 Å². The first-order valence-electron chi connectivity index (χ1n) is 13.3. The van der Waals surface area contributed by atoms with Gasteiger partial charge in [0.15, 0.2) is 18.2 Å². The number of aryl methyl sites for hydroxylation is 1. The van der Waals surface area contributed by atoms with Gasteiger partial charge >= 0.3 is 18.5 Å². The molecule has 2 nitrogen and oxygen atoms in total. The maximum Gasteiger partial charge on any atom is 0.433 e. The number of hydrogen-bond acceptors (Lipinski definition) is 2. The number of halogens is 10. The molecule has 4 aromatic rings. The van der Waals surface area contributed by atoms with Crippen molar-refractivity contribution in [1.29, 1.82) is 0 Å². The van der Waals surface area contributed by atoms with E-state index in [9.17, 15) is 43.9 Å². The van der Waals surface area contributed by atoms with Crippen molar-refractivity contribution in [3.8, 4) is 33.8 Å². The monoisotopic (exact) mass is 630 g/mol. The fourth-order valence-corrected chi connectivity index (χ4v) is 4.36. The molecule has 0 atom stereocenters. The van der Waals surface area contributed by atoms with Crippen LogP contribution in [-0.2, 0) is 12.3 Å². The van der Waals surface area contributed by atoms with Crippen molar-refractivity contribution in [1.82, 2.24) is 0 Å². The van der Waals surface area contributed by atoms with E-state index < -0.39 is 76.5 Å². The molecule has 0 unspecified atom stereocenters. The molecule has 0 N–H and O–H groups in total. The summed E-state index contributed by atoms with van der Waals surface area (Å²) in [6.07, 6.45) is -5.53. The molecule has 44 heavy (non-hydrogen) atoms. The van der Waals surface area contributed by atoms with E-state index in [1.807, 2.05) is 24.3 Å². The zero-order chi connectivity index (χ0) is 32.2. The predicted octanol–water partition coefficient (Wildman–Crippen LogP) is 10.3. The van der Waals surface area contributed by atoms with Gasteiger partial charge in [-0.3, -0.25) is 0 Å². The van der Waals surface area contributed by atoms with Gasteiger partial charge in [0.25, 0.3) is 0 Å². The Kier molecular flexibility index (Phi) is 9.80. The summed E-state index contributed by atoms with van der Waals surface area (Å²) in [4.78, 5) is 0. The normalized spacial score (nSPS) is 12.1. The Bertz CT molecular complexity index is 1580. The molecule has 0 saturated carbocycles. The molecule has 0 bridgehead atoms. The molecule has 0 aliphatic rings. The topological polar surface area (TPSA) is 18.5 Å². The van der Waals surface area contributed by atoms with Crippen LogP contribution in [0.3, 0.4) is 0 Å². The Hall–Kier alpha value is -4.22. The van der Waals surface area contributed by atoms with Gasteiger partial charge in [0, 0.05) is 11.6 Å². The highest BCUT2D eigenvalue weighted by Gasteiger charge is 2.47. The van der Waals surface area contributed by atoms with Crippen LogP contribution in [0.15, 0.2) is 72.8 Å². The lowest BCUT2D eigenvalue weighted by Gasteiger charge is -2.20. The second-order valence-corrected chi connectivity index (χ2v) is 9.85. The summed E-state index contributed by atoms with van der Waals surface area (Å²) in [6, 6.07) is 13.6. The van der Waals surface area contributed by atoms with Gasteiger partial charge in [-0.05, 0) is 71.5 Å². The first-order valence-corrected chi connectivity index (χ1v) is 13.3. The molecule has 4 rings (SSSR count). The molecule has 234 valence electrons. The number of unbranched alkanes of at least 4 members (excludes halogenated alkanes) is 1. The van der Waals surface area contributed by atoms with E-state index in [0.29, 0.717) is 17.2 Å². The van der Waals surface area contributed by atoms with Crippen molar-refractivity contribution >= 4 is 0 Å². The predicted molar refractivity (Wildman–Crippen MR) is 143 cm³/mol. The van der Waals surface area contributed by atoms with E-state index in [2.05, 4.69) is 11.7 Å². The Labute approximate surface area is 245 Å². The Morgan fingerprint density at radius 2 is 1.30 bits per heavy atom. The van der Waals surface area contributed by atoms with Gasteiger partial charge in [-0.1, -0.05) is 43.7 Å². The summed E-state index contributed by atoms with van der Waals surface area (Å²) < 4.78 is 148. The van der Waals surface area contributed by atoms with Gasteiger partial charge in [0.05, 0.1) is 5.56 Å². The first-order chi connectivity index (χ1) is 20.7. The summed E-state index contributed by atoms with van der Waals surface area (Å²) in [7, 11) is 0. The summed E-state index contributed by atoms with van der Waals surface area (Å²) in [5, 5.41) is 0. The molecule has 0 amide bonds. The van der Waals surface area contributed by atoms with E-state index in [1.165, 1.54) is 12.1 Å². The maximum absolute atomic E-state index is 14.7. The molecule has 0 fully saturated rings. The van der Waals surface area contributed by atoms with Crippen molar-refractivity contribution in [2.75, 3.05) is 6.61 Å². The molecule has 0 aliphatic heterocycles. The zero-order valence-corrected chi connectivity index (χ0v) is 22.9. The van der Waals surface area contributed by atoms with Gasteiger partial charge in [0.1, 0.15) is 23.2 Å². The lowest BCUT2D eigenvalue weighted by molar-refractivity contribution is -0.195. The van der Waals surface area contributed by atoms with Crippen LogP contribution >= 0.6 is 0 Å². The van der Waals surface area contributed by atoms with Gasteiger partial charge < -0.3 is 9.47 Å². The largest absolute Gasteiger partial charge is 0.480 e. The van der Waals surface area contributed by atoms with Crippen molar-refractivity contribution in [2.45, 2.75) is 44.6 Å². The van der Waals surface area contributed by atoms with Gasteiger partial charge in [-0.25, -0.2) is 26.3 Å². The second kappa shape index (κ2) is 13.2. The van der Waals surface area contributed by atoms with Crippen molar-refractivity contribution in [3.05, 3.63) is 107 Å². The highest BCUT2D eigenvalue weighted by Crippen LogP contribution is 2.40. The SMILES string of the molecule is CCCCc1ccc(-c2ccc(OCC(F)(F)Oc3ccc(-c4cc(F)c(C(F)(F)C(F)F)c(F)c4)c(F)c3)c(F)c2)cc1. The minimum absolute atomic E-state index is 0.207. The highest BCUT2D eigenvalue weighted by molar-refractivity contribution is 5.66. The third-order valence-corrected chi connectivity index (χ3v) is 6.60. The fourth-order valence-electron chi connectivity index (χ4n) is 4.36. The fraction of sp³-hybridized carbons (Fsp3) is 0.250. The highest BCUT2D eigenvalue weighted by atomic mass is 19.3. The van der Waals surface area contributed by atoms with Crippen LogP contribution in [0.2, 0.25) is 0 Å². The minimum atomic E-state index is -5.15. The third-order valence-electron chi connectivity index (χ3n) is 6.60. The summed E-state index contributed by atoms with van der Waals surface area (Å²) in [5.74, 6) is -12.8. The Balaban J connectivity index is 1.43. The maximum atomic E-state index is 14.7. The van der Waals surface area contributed by atoms with Crippen LogP contribution < -0.4 is 9.47 Å². The average molecular weight is 631 g/mol. The van der Waals surface area contributed by atoms with E-state index in [1.54, 1.807) is 0 Å². The average Bonchev–Trinajstić information content (AvgIpc) is 2.95. The number of alkyl halides is 6. The lowest BCUT2D eigenvalue weighted by Crippen LogP contribution is -2.32. The number of hydrogen-bond donors (Lipinski definition) is 0. The summed E-state index contributed by atoms with van der Waals surface area (Å²) in [5.41, 5.74) is -1.16. The van der Waals surface area contributed by atoms with Crippen molar-refractivity contribution in [2.24, 2.45) is 0 Å². The van der Waals surface area contributed by atoms with Crippen LogP contribution in [-0.4, -0.2) is 19.1 Å². The Morgan fingerprint density at radius 3 is 1.86 bits per heavy atom. The smallest absolute Gasteiger partial charge is 0.433 e. The molecule has 0 aliphatic carbocycles. The zero-order valence-electron chi connectivity index (χ0n) is 22.9. The van der Waals surface area contributed by atoms with Crippen LogP contribution in [0.25, 0.3) is 22.3 Å². The molecule has 12 heteroatoms. The van der Waals surface area contributed by atoms with Crippen LogP contribution in [0.1, 0.15) is 30.9 Å². The Morgan fingerprint density at radius 1 is 0.682 bits per heavy atom. The molecule has 0 spiro atoms. The van der Waals surface area contributed by atoms with Crippen molar-refractivity contribution < 1.29 is 53.4 Å². The molecule has 4 aromatic carbocycles.